The van der Waals surface area contributed by atoms with Crippen molar-refractivity contribution in [3.8, 4) is 0 Å². The highest BCUT2D eigenvalue weighted by Crippen LogP contribution is 2.11. The van der Waals surface area contributed by atoms with Crippen molar-refractivity contribution in [2.75, 3.05) is 12.4 Å². The Kier molecular flexibility index (Phi) is 3.73. The van der Waals surface area contributed by atoms with Crippen LogP contribution in [0, 0.1) is 0 Å². The number of rotatable bonds is 4. The van der Waals surface area contributed by atoms with Crippen LogP contribution in [0.3, 0.4) is 0 Å². The molecule has 0 spiro atoms. The normalized spacial score (nSPS) is 10.4. The molecule has 1 rings (SSSR count). The maximum atomic E-state index is 10.2. The van der Waals surface area contributed by atoms with Crippen LogP contribution in [-0.2, 0) is 4.79 Å². The van der Waals surface area contributed by atoms with E-state index in [-0.39, 0.29) is 6.42 Å². The van der Waals surface area contributed by atoms with E-state index in [9.17, 15) is 4.79 Å². The van der Waals surface area contributed by atoms with Gasteiger partial charge in [0, 0.05) is 12.7 Å². The Balaban J connectivity index is 2.66. The fraction of sp³-hybridized carbons (Fsp3) is 0.182. The Morgan fingerprint density at radius 3 is 3.00 bits per heavy atom. The lowest BCUT2D eigenvalue weighted by molar-refractivity contribution is -0.135. The zero-order chi connectivity index (χ0) is 10.4. The van der Waals surface area contributed by atoms with Gasteiger partial charge in [-0.25, -0.2) is 0 Å². The minimum absolute atomic E-state index is 0.0593. The quantitative estimate of drug-likeness (QED) is 0.767. The van der Waals surface area contributed by atoms with Gasteiger partial charge in [0.05, 0.1) is 6.42 Å². The van der Waals surface area contributed by atoms with Crippen LogP contribution in [0.5, 0.6) is 0 Å². The van der Waals surface area contributed by atoms with Crippen molar-refractivity contribution in [2.24, 2.45) is 0 Å². The molecule has 0 atom stereocenters. The summed E-state index contributed by atoms with van der Waals surface area (Å²) in [5.74, 6) is -0.814. The van der Waals surface area contributed by atoms with Gasteiger partial charge in [0.15, 0.2) is 0 Å². The average molecular weight is 191 g/mol. The SMILES string of the molecule is CNc1cccc(C=CCC(=O)O)c1. The highest BCUT2D eigenvalue weighted by molar-refractivity contribution is 5.70. The topological polar surface area (TPSA) is 49.3 Å². The van der Waals surface area contributed by atoms with Crippen LogP contribution in [-0.4, -0.2) is 18.1 Å². The first-order valence-electron chi connectivity index (χ1n) is 4.38. The van der Waals surface area contributed by atoms with E-state index in [1.165, 1.54) is 0 Å². The van der Waals surface area contributed by atoms with E-state index in [0.717, 1.165) is 11.3 Å². The fourth-order valence-electron chi connectivity index (χ4n) is 1.09. The Morgan fingerprint density at radius 1 is 1.57 bits per heavy atom. The lowest BCUT2D eigenvalue weighted by Crippen LogP contribution is -1.90. The van der Waals surface area contributed by atoms with Crippen LogP contribution in [0.2, 0.25) is 0 Å². The summed E-state index contributed by atoms with van der Waals surface area (Å²) in [6.07, 6.45) is 3.50. The minimum Gasteiger partial charge on any atom is -0.481 e. The van der Waals surface area contributed by atoms with Crippen LogP contribution >= 0.6 is 0 Å². The molecule has 14 heavy (non-hydrogen) atoms. The highest BCUT2D eigenvalue weighted by atomic mass is 16.4. The Labute approximate surface area is 83.1 Å². The number of nitrogens with one attached hydrogen (secondary N) is 1. The summed E-state index contributed by atoms with van der Waals surface area (Å²) in [6.45, 7) is 0. The van der Waals surface area contributed by atoms with Crippen LogP contribution in [0.4, 0.5) is 5.69 Å². The number of hydrogen-bond acceptors (Lipinski definition) is 2. The maximum absolute atomic E-state index is 10.2. The largest absolute Gasteiger partial charge is 0.481 e. The molecule has 0 bridgehead atoms. The molecule has 0 radical (unpaired) electrons. The van der Waals surface area contributed by atoms with Crippen LogP contribution in [0.25, 0.3) is 6.08 Å². The second-order valence-electron chi connectivity index (χ2n) is 2.88. The molecule has 74 valence electrons. The second-order valence-corrected chi connectivity index (χ2v) is 2.88. The monoisotopic (exact) mass is 191 g/mol. The molecular weight excluding hydrogens is 178 g/mol. The van der Waals surface area contributed by atoms with Crippen molar-refractivity contribution >= 4 is 17.7 Å². The first-order valence-corrected chi connectivity index (χ1v) is 4.38. The minimum atomic E-state index is -0.814. The van der Waals surface area contributed by atoms with Gasteiger partial charge in [-0.15, -0.1) is 0 Å². The van der Waals surface area contributed by atoms with Gasteiger partial charge < -0.3 is 10.4 Å². The van der Waals surface area contributed by atoms with Gasteiger partial charge in [0.2, 0.25) is 0 Å². The van der Waals surface area contributed by atoms with E-state index < -0.39 is 5.97 Å². The molecule has 3 heteroatoms. The number of anilines is 1. The lowest BCUT2D eigenvalue weighted by Gasteiger charge is -1.99. The third-order valence-corrected chi connectivity index (χ3v) is 1.78. The lowest BCUT2D eigenvalue weighted by atomic mass is 10.2. The van der Waals surface area contributed by atoms with Gasteiger partial charge in [-0.05, 0) is 17.7 Å². The van der Waals surface area contributed by atoms with Gasteiger partial charge >= 0.3 is 5.97 Å². The molecule has 0 heterocycles. The number of hydrogen-bond donors (Lipinski definition) is 2. The van der Waals surface area contributed by atoms with E-state index in [2.05, 4.69) is 5.32 Å². The van der Waals surface area contributed by atoms with Crippen molar-refractivity contribution < 1.29 is 9.90 Å². The van der Waals surface area contributed by atoms with Gasteiger partial charge in [-0.2, -0.15) is 0 Å². The summed E-state index contributed by atoms with van der Waals surface area (Å²) in [5, 5.41) is 11.4. The smallest absolute Gasteiger partial charge is 0.307 e. The molecule has 1 aromatic carbocycles. The van der Waals surface area contributed by atoms with E-state index in [1.54, 1.807) is 12.2 Å². The van der Waals surface area contributed by atoms with Crippen molar-refractivity contribution in [1.82, 2.24) is 0 Å². The van der Waals surface area contributed by atoms with Gasteiger partial charge in [0.1, 0.15) is 0 Å². The summed E-state index contributed by atoms with van der Waals surface area (Å²) in [7, 11) is 1.85. The van der Waals surface area contributed by atoms with Crippen molar-refractivity contribution in [3.63, 3.8) is 0 Å². The fourth-order valence-corrected chi connectivity index (χ4v) is 1.09. The van der Waals surface area contributed by atoms with E-state index in [1.807, 2.05) is 31.3 Å². The Bertz CT molecular complexity index is 345. The molecule has 0 unspecified atom stereocenters. The van der Waals surface area contributed by atoms with E-state index in [0.29, 0.717) is 0 Å². The molecule has 0 saturated carbocycles. The zero-order valence-electron chi connectivity index (χ0n) is 8.03. The molecule has 0 saturated heterocycles. The second kappa shape index (κ2) is 5.07. The predicted molar refractivity (Wildman–Crippen MR) is 57.3 cm³/mol. The van der Waals surface area contributed by atoms with Crippen molar-refractivity contribution in [1.29, 1.82) is 0 Å². The molecule has 0 fully saturated rings. The summed E-state index contributed by atoms with van der Waals surface area (Å²) < 4.78 is 0. The van der Waals surface area contributed by atoms with Crippen LogP contribution in [0.1, 0.15) is 12.0 Å². The molecule has 1 aromatic rings. The molecular formula is C11H13NO2. The molecule has 0 aliphatic heterocycles. The van der Waals surface area contributed by atoms with Gasteiger partial charge in [-0.1, -0.05) is 24.3 Å². The summed E-state index contributed by atoms with van der Waals surface area (Å²) >= 11 is 0. The molecule has 3 nitrogen and oxygen atoms in total. The van der Waals surface area contributed by atoms with Crippen LogP contribution < -0.4 is 5.32 Å². The summed E-state index contributed by atoms with van der Waals surface area (Å²) in [5.41, 5.74) is 2.01. The Morgan fingerprint density at radius 2 is 2.36 bits per heavy atom. The molecule has 0 aromatic heterocycles. The van der Waals surface area contributed by atoms with Crippen molar-refractivity contribution in [2.45, 2.75) is 6.42 Å². The van der Waals surface area contributed by atoms with Gasteiger partial charge in [-0.3, -0.25) is 4.79 Å². The van der Waals surface area contributed by atoms with E-state index in [4.69, 9.17) is 5.11 Å². The number of carboxylic acid groups (broad SMARTS) is 1. The van der Waals surface area contributed by atoms with Crippen LogP contribution in [0.15, 0.2) is 30.3 Å². The predicted octanol–water partition coefficient (Wildman–Crippen LogP) is 2.22. The summed E-state index contributed by atoms with van der Waals surface area (Å²) in [6, 6.07) is 7.76. The number of aliphatic carboxylic acids is 1. The molecule has 0 amide bonds. The first kappa shape index (κ1) is 10.3. The zero-order valence-corrected chi connectivity index (χ0v) is 8.03. The number of benzene rings is 1. The summed E-state index contributed by atoms with van der Waals surface area (Å²) in [4.78, 5) is 10.2. The third-order valence-electron chi connectivity index (χ3n) is 1.78. The highest BCUT2D eigenvalue weighted by Gasteiger charge is 1.91. The first-order chi connectivity index (χ1) is 6.72. The molecule has 0 aliphatic carbocycles. The van der Waals surface area contributed by atoms with E-state index >= 15 is 0 Å². The molecule has 0 aliphatic rings. The molecule has 2 N–H and O–H groups in total. The average Bonchev–Trinajstić information content (AvgIpc) is 2.18. The maximum Gasteiger partial charge on any atom is 0.307 e. The van der Waals surface area contributed by atoms with Crippen molar-refractivity contribution in [3.05, 3.63) is 35.9 Å². The third kappa shape index (κ3) is 3.31. The number of carboxylic acids is 1. The van der Waals surface area contributed by atoms with Gasteiger partial charge in [0.25, 0.3) is 0 Å². The number of carbonyl (C=O) groups is 1. The Hall–Kier alpha value is -1.77. The standard InChI is InChI=1S/C11H13NO2/c1-12-10-6-2-4-9(8-10)5-3-7-11(13)14/h2-6,8,12H,7H2,1H3,(H,13,14).